The van der Waals surface area contributed by atoms with E-state index in [4.69, 9.17) is 8.19 Å². The Bertz CT molecular complexity index is 399. The molecule has 0 aliphatic rings. The minimum atomic E-state index is -5.25. The molecule has 1 aromatic rings. The Kier molecular flexibility index (Phi) is 2.95. The van der Waals surface area contributed by atoms with Gasteiger partial charge in [0.1, 0.15) is 0 Å². The van der Waals surface area contributed by atoms with Crippen LogP contribution in [0.3, 0.4) is 0 Å². The topological polar surface area (TPSA) is 110 Å². The fraction of sp³-hybridized carbons (Fsp3) is 0. The van der Waals surface area contributed by atoms with E-state index >= 15 is 0 Å². The van der Waals surface area contributed by atoms with E-state index in [0.717, 1.165) is 6.07 Å². The average Bonchev–Trinajstić information content (AvgIpc) is 2.01. The van der Waals surface area contributed by atoms with Gasteiger partial charge in [-0.2, -0.15) is 0 Å². The van der Waals surface area contributed by atoms with Gasteiger partial charge in [-0.15, -0.1) is 0 Å². The first-order chi connectivity index (χ1) is 6.38. The summed E-state index contributed by atoms with van der Waals surface area (Å²) in [4.78, 5) is 9.60. The van der Waals surface area contributed by atoms with Crippen molar-refractivity contribution in [1.82, 2.24) is 0 Å². The van der Waals surface area contributed by atoms with E-state index in [1.54, 1.807) is 0 Å². The maximum absolute atomic E-state index is 10.4. The zero-order chi connectivity index (χ0) is 10.8. The Morgan fingerprint density at radius 3 is 2.57 bits per heavy atom. The van der Waals surface area contributed by atoms with E-state index in [2.05, 4.69) is 3.73 Å². The molecule has 76 valence electrons. The zero-order valence-corrected chi connectivity index (χ0v) is 8.61. The van der Waals surface area contributed by atoms with Crippen LogP contribution in [-0.4, -0.2) is 27.6 Å². The van der Waals surface area contributed by atoms with E-state index in [-0.39, 0.29) is 11.4 Å². The summed E-state index contributed by atoms with van der Waals surface area (Å²) in [5.41, 5.74) is -0.286. The van der Waals surface area contributed by atoms with Gasteiger partial charge in [0.05, 0.1) is 0 Å². The fourth-order valence-corrected chi connectivity index (χ4v) is 1.61. The minimum absolute atomic E-state index is 0.216. The number of rotatable bonds is 3. The Morgan fingerprint density at radius 2 is 2.07 bits per heavy atom. The molecule has 0 heterocycles. The summed E-state index contributed by atoms with van der Waals surface area (Å²) in [6, 6.07) is 4.64. The Labute approximate surface area is 81.4 Å². The van der Waals surface area contributed by atoms with Crippen LogP contribution in [-0.2, 0) is 3.74 Å². The van der Waals surface area contributed by atoms with Gasteiger partial charge in [-0.1, -0.05) is 0 Å². The molecule has 0 aliphatic heterocycles. The van der Waals surface area contributed by atoms with Gasteiger partial charge in [-0.25, -0.2) is 0 Å². The molecule has 0 bridgehead atoms. The van der Waals surface area contributed by atoms with Crippen molar-refractivity contribution in [1.29, 1.82) is 0 Å². The first-order valence-corrected chi connectivity index (χ1v) is 6.59. The molecule has 0 atom stereocenters. The number of benzene rings is 1. The van der Waals surface area contributed by atoms with Crippen LogP contribution >= 0.6 is 0 Å². The Morgan fingerprint density at radius 1 is 1.43 bits per heavy atom. The van der Waals surface area contributed by atoms with Gasteiger partial charge in [-0.05, 0) is 0 Å². The van der Waals surface area contributed by atoms with Crippen molar-refractivity contribution in [3.63, 3.8) is 0 Å². The molecule has 0 spiro atoms. The second-order valence-corrected chi connectivity index (χ2v) is 4.78. The summed E-state index contributed by atoms with van der Waals surface area (Å²) < 4.78 is 31.6. The van der Waals surface area contributed by atoms with Crippen molar-refractivity contribution in [2.45, 2.75) is 0 Å². The fourth-order valence-electron chi connectivity index (χ4n) is 0.791. The van der Waals surface area contributed by atoms with Crippen molar-refractivity contribution in [3.8, 4) is 5.75 Å². The molecule has 7 nitrogen and oxygen atoms in total. The van der Waals surface area contributed by atoms with Gasteiger partial charge in [-0.3, -0.25) is 0 Å². The number of nitrogens with zero attached hydrogens (tertiary/aromatic N) is 1. The first kappa shape index (κ1) is 10.8. The molecular formula is C6H6AsNO6. The maximum atomic E-state index is 10.4. The predicted molar refractivity (Wildman–Crippen MR) is 44.6 cm³/mol. The SMILES string of the molecule is O=[N+]([O-])c1cccc(O[As](=O)(O)O)c1. The third-order valence-electron chi connectivity index (χ3n) is 1.25. The molecule has 2 N–H and O–H groups in total. The van der Waals surface area contributed by atoms with E-state index in [0.29, 0.717) is 0 Å². The van der Waals surface area contributed by atoms with E-state index in [1.807, 2.05) is 0 Å². The number of hydrogen-bond acceptors (Lipinski definition) is 4. The summed E-state index contributed by atoms with van der Waals surface area (Å²) in [6.45, 7) is 0. The van der Waals surface area contributed by atoms with Gasteiger partial charge in [0.2, 0.25) is 0 Å². The zero-order valence-electron chi connectivity index (χ0n) is 6.73. The number of nitro benzene ring substituents is 1. The number of nitro groups is 1. The van der Waals surface area contributed by atoms with Crippen LogP contribution in [0.2, 0.25) is 0 Å². The second-order valence-electron chi connectivity index (χ2n) is 2.34. The van der Waals surface area contributed by atoms with Gasteiger partial charge in [0.25, 0.3) is 0 Å². The van der Waals surface area contributed by atoms with Crippen LogP contribution < -0.4 is 3.73 Å². The third-order valence-corrected chi connectivity index (χ3v) is 2.19. The molecule has 0 fully saturated rings. The Balaban J connectivity index is 2.95. The van der Waals surface area contributed by atoms with E-state index in [1.165, 1.54) is 18.2 Å². The second kappa shape index (κ2) is 3.83. The molecule has 0 radical (unpaired) electrons. The van der Waals surface area contributed by atoms with Gasteiger partial charge < -0.3 is 0 Å². The quantitative estimate of drug-likeness (QED) is 0.445. The molecule has 0 aliphatic carbocycles. The number of hydrogen-bond donors (Lipinski definition) is 2. The molecule has 0 unspecified atom stereocenters. The van der Waals surface area contributed by atoms with Crippen LogP contribution in [0.5, 0.6) is 5.75 Å². The van der Waals surface area contributed by atoms with E-state index < -0.39 is 19.4 Å². The molecule has 0 saturated carbocycles. The molecule has 1 aromatic carbocycles. The summed E-state index contributed by atoms with van der Waals surface area (Å²) in [6.07, 6.45) is 0. The molecule has 0 amide bonds. The van der Waals surface area contributed by atoms with Crippen molar-refractivity contribution >= 4 is 20.2 Å². The summed E-state index contributed by atoms with van der Waals surface area (Å²) >= 11 is -5.25. The summed E-state index contributed by atoms with van der Waals surface area (Å²) in [5, 5.41) is 10.3. The first-order valence-electron chi connectivity index (χ1n) is 3.38. The van der Waals surface area contributed by atoms with Crippen LogP contribution in [0, 0.1) is 10.1 Å². The molecule has 1 rings (SSSR count). The van der Waals surface area contributed by atoms with Gasteiger partial charge in [0, 0.05) is 0 Å². The van der Waals surface area contributed by atoms with Crippen molar-refractivity contribution in [3.05, 3.63) is 34.4 Å². The summed E-state index contributed by atoms with van der Waals surface area (Å²) in [5.74, 6) is -0.216. The molecule has 0 aromatic heterocycles. The molecule has 14 heavy (non-hydrogen) atoms. The van der Waals surface area contributed by atoms with E-state index in [9.17, 15) is 13.9 Å². The number of non-ortho nitro benzene ring substituents is 1. The predicted octanol–water partition coefficient (Wildman–Crippen LogP) is -0.176. The monoisotopic (exact) mass is 263 g/mol. The standard InChI is InChI=1S/C6H6AsNO6/c9-7(10,11)14-6-3-1-2-5(4-6)8(12)13/h1-4H,(H2,9,10,11). The van der Waals surface area contributed by atoms with Crippen molar-refractivity contribution < 1.29 is 20.6 Å². The van der Waals surface area contributed by atoms with Crippen molar-refractivity contribution in [2.24, 2.45) is 0 Å². The Hall–Kier alpha value is -1.30. The van der Waals surface area contributed by atoms with Gasteiger partial charge >= 0.3 is 80.9 Å². The van der Waals surface area contributed by atoms with Crippen molar-refractivity contribution in [2.75, 3.05) is 0 Å². The third kappa shape index (κ3) is 3.21. The van der Waals surface area contributed by atoms with Crippen LogP contribution in [0.1, 0.15) is 0 Å². The van der Waals surface area contributed by atoms with Crippen LogP contribution in [0.15, 0.2) is 24.3 Å². The summed E-state index contributed by atoms with van der Waals surface area (Å²) in [7, 11) is 0. The normalized spacial score (nSPS) is 11.0. The molecule has 8 heteroatoms. The van der Waals surface area contributed by atoms with Crippen LogP contribution in [0.25, 0.3) is 0 Å². The van der Waals surface area contributed by atoms with Gasteiger partial charge in [0.15, 0.2) is 0 Å². The molecular weight excluding hydrogens is 257 g/mol. The average molecular weight is 263 g/mol. The van der Waals surface area contributed by atoms with Crippen LogP contribution in [0.4, 0.5) is 5.69 Å². The molecule has 0 saturated heterocycles.